The van der Waals surface area contributed by atoms with E-state index in [2.05, 4.69) is 259 Å². The van der Waals surface area contributed by atoms with E-state index in [0.29, 0.717) is 0 Å². The van der Waals surface area contributed by atoms with E-state index in [-0.39, 0.29) is 0 Å². The van der Waals surface area contributed by atoms with Gasteiger partial charge < -0.3 is 9.13 Å². The molecule has 0 fully saturated rings. The van der Waals surface area contributed by atoms with Crippen molar-refractivity contribution in [1.29, 1.82) is 0 Å². The number of nitrogens with zero attached hydrogens (tertiary/aromatic N) is 3. The van der Waals surface area contributed by atoms with Crippen LogP contribution in [0.4, 0.5) is 0 Å². The summed E-state index contributed by atoms with van der Waals surface area (Å²) in [6.07, 6.45) is 11.0. The maximum atomic E-state index is 5.29. The third-order valence-electron chi connectivity index (χ3n) is 12.1. The van der Waals surface area contributed by atoms with Gasteiger partial charge in [-0.25, -0.2) is 0 Å². The molecule has 2 heterocycles. The number of allylic oxidation sites excluding steroid dienone is 1. The van der Waals surface area contributed by atoms with Gasteiger partial charge in [-0.15, -0.1) is 12.8 Å². The molecule has 0 amide bonds. The van der Waals surface area contributed by atoms with E-state index in [1.165, 1.54) is 71.4 Å². The Bertz CT molecular complexity index is 3530. The van der Waals surface area contributed by atoms with E-state index >= 15 is 0 Å². The van der Waals surface area contributed by atoms with Crippen LogP contribution in [0.1, 0.15) is 23.6 Å². The van der Waals surface area contributed by atoms with Crippen molar-refractivity contribution in [3.05, 3.63) is 247 Å². The van der Waals surface area contributed by atoms with Crippen LogP contribution in [0.3, 0.4) is 0 Å². The summed E-state index contributed by atoms with van der Waals surface area (Å²) in [6.45, 7) is 2.12. The van der Waals surface area contributed by atoms with Crippen LogP contribution in [0.2, 0.25) is 0 Å². The second kappa shape index (κ2) is 17.5. The normalized spacial score (nSPS) is 11.9. The average Bonchev–Trinajstić information content (AvgIpc) is 3.89. The molecule has 0 bridgehead atoms. The highest BCUT2D eigenvalue weighted by Crippen LogP contribution is 2.39. The summed E-state index contributed by atoms with van der Waals surface area (Å²) >= 11 is 0. The quantitative estimate of drug-likeness (QED) is 0.102. The number of benzene rings is 9. The number of hydrogen-bond acceptors (Lipinski definition) is 1. The summed E-state index contributed by atoms with van der Waals surface area (Å²) in [4.78, 5) is 5.29. The number of rotatable bonds is 9. The van der Waals surface area contributed by atoms with Gasteiger partial charge in [0.2, 0.25) is 0 Å². The van der Waals surface area contributed by atoms with Gasteiger partial charge in [-0.2, -0.15) is 0 Å². The minimum atomic E-state index is 0.808. The van der Waals surface area contributed by atoms with Gasteiger partial charge in [0.25, 0.3) is 0 Å². The third-order valence-corrected chi connectivity index (χ3v) is 12.1. The first kappa shape index (κ1) is 39.7. The molecule has 3 heteroatoms. The van der Waals surface area contributed by atoms with Crippen molar-refractivity contribution in [3.63, 3.8) is 0 Å². The SMILES string of the molecule is C#C.CC(=N/C(=C\Cc1ccccc1)c1ccccc1)c1cccc(-n2c3ccccc3c3ccc(-c4ccc5c6ccccc6n(-c6cccc(-c7ccccc7)c6)c5c4)cc32)c1. The van der Waals surface area contributed by atoms with Gasteiger partial charge in [-0.3, -0.25) is 4.99 Å². The van der Waals surface area contributed by atoms with Gasteiger partial charge in [0.1, 0.15) is 0 Å². The molecule has 0 aliphatic rings. The van der Waals surface area contributed by atoms with Crippen LogP contribution in [-0.4, -0.2) is 14.8 Å². The van der Waals surface area contributed by atoms with Crippen molar-refractivity contribution in [2.24, 2.45) is 4.99 Å². The van der Waals surface area contributed by atoms with Gasteiger partial charge in [0.05, 0.1) is 27.8 Å². The monoisotopic (exact) mass is 819 g/mol. The molecule has 9 aromatic carbocycles. The Balaban J connectivity index is 0.00000239. The molecule has 0 saturated heterocycles. The smallest absolute Gasteiger partial charge is 0.0668 e. The first-order valence-electron chi connectivity index (χ1n) is 21.7. The van der Waals surface area contributed by atoms with Crippen LogP contribution >= 0.6 is 0 Å². The minimum Gasteiger partial charge on any atom is -0.309 e. The second-order valence-corrected chi connectivity index (χ2v) is 16.0. The van der Waals surface area contributed by atoms with E-state index in [1.54, 1.807) is 0 Å². The van der Waals surface area contributed by atoms with Crippen LogP contribution in [-0.2, 0) is 6.42 Å². The first-order chi connectivity index (χ1) is 31.7. The fourth-order valence-electron chi connectivity index (χ4n) is 9.09. The lowest BCUT2D eigenvalue weighted by Crippen LogP contribution is -2.00. The van der Waals surface area contributed by atoms with E-state index in [0.717, 1.165) is 40.3 Å². The molecule has 0 aliphatic heterocycles. The van der Waals surface area contributed by atoms with E-state index in [9.17, 15) is 0 Å². The molecule has 64 heavy (non-hydrogen) atoms. The zero-order chi connectivity index (χ0) is 43.4. The molecule has 0 atom stereocenters. The molecule has 0 saturated carbocycles. The number of hydrogen-bond donors (Lipinski definition) is 0. The molecule has 11 rings (SSSR count). The van der Waals surface area contributed by atoms with Gasteiger partial charge >= 0.3 is 0 Å². The van der Waals surface area contributed by atoms with Crippen molar-refractivity contribution in [2.45, 2.75) is 13.3 Å². The lowest BCUT2D eigenvalue weighted by molar-refractivity contribution is 1.18. The molecular weight excluding hydrogens is 775 g/mol. The number of fused-ring (bicyclic) bond motifs is 6. The summed E-state index contributed by atoms with van der Waals surface area (Å²) in [5, 5.41) is 4.94. The van der Waals surface area contributed by atoms with Gasteiger partial charge in [0.15, 0.2) is 0 Å². The summed E-state index contributed by atoms with van der Waals surface area (Å²) in [6, 6.07) is 80.8. The van der Waals surface area contributed by atoms with Gasteiger partial charge in [-0.1, -0.05) is 182 Å². The fourth-order valence-corrected chi connectivity index (χ4v) is 9.09. The zero-order valence-corrected chi connectivity index (χ0v) is 35.6. The van der Waals surface area contributed by atoms with Crippen LogP contribution < -0.4 is 0 Å². The van der Waals surface area contributed by atoms with Gasteiger partial charge in [-0.05, 0) is 101 Å². The summed E-state index contributed by atoms with van der Waals surface area (Å²) < 4.78 is 4.84. The molecule has 0 spiro atoms. The molecule has 0 unspecified atom stereocenters. The van der Waals surface area contributed by atoms with Crippen LogP contribution in [0.5, 0.6) is 0 Å². The average molecular weight is 820 g/mol. The molecule has 0 radical (unpaired) electrons. The Morgan fingerprint density at radius 2 is 0.859 bits per heavy atom. The lowest BCUT2D eigenvalue weighted by atomic mass is 10.0. The van der Waals surface area contributed by atoms with Crippen molar-refractivity contribution in [2.75, 3.05) is 0 Å². The van der Waals surface area contributed by atoms with Crippen molar-refractivity contribution in [1.82, 2.24) is 9.13 Å². The van der Waals surface area contributed by atoms with Crippen LogP contribution in [0.25, 0.3) is 82.9 Å². The summed E-state index contributed by atoms with van der Waals surface area (Å²) in [5.74, 6) is 0. The molecule has 0 aliphatic carbocycles. The second-order valence-electron chi connectivity index (χ2n) is 16.0. The summed E-state index contributed by atoms with van der Waals surface area (Å²) in [7, 11) is 0. The topological polar surface area (TPSA) is 22.2 Å². The number of para-hydroxylation sites is 2. The van der Waals surface area contributed by atoms with Crippen LogP contribution in [0, 0.1) is 12.8 Å². The number of terminal acetylenes is 1. The lowest BCUT2D eigenvalue weighted by Gasteiger charge is -2.12. The summed E-state index contributed by atoms with van der Waals surface area (Å²) in [5.41, 5.74) is 17.1. The largest absolute Gasteiger partial charge is 0.309 e. The Hall–Kier alpha value is -8.45. The fraction of sp³-hybridized carbons (Fsp3) is 0.0328. The third kappa shape index (κ3) is 7.49. The first-order valence-corrected chi connectivity index (χ1v) is 21.7. The predicted molar refractivity (Wildman–Crippen MR) is 273 cm³/mol. The Morgan fingerprint density at radius 3 is 1.47 bits per heavy atom. The van der Waals surface area contributed by atoms with Crippen LogP contribution in [0.15, 0.2) is 236 Å². The zero-order valence-electron chi connectivity index (χ0n) is 35.6. The molecular formula is C61H45N3. The molecule has 11 aromatic rings. The highest BCUT2D eigenvalue weighted by atomic mass is 15.0. The highest BCUT2D eigenvalue weighted by molar-refractivity contribution is 6.12. The highest BCUT2D eigenvalue weighted by Gasteiger charge is 2.17. The number of aromatic nitrogens is 2. The molecule has 0 N–H and O–H groups in total. The molecule has 2 aromatic heterocycles. The Labute approximate surface area is 374 Å². The maximum Gasteiger partial charge on any atom is 0.0668 e. The molecule has 3 nitrogen and oxygen atoms in total. The van der Waals surface area contributed by atoms with Crippen molar-refractivity contribution < 1.29 is 0 Å². The Kier molecular flexibility index (Phi) is 10.8. The standard InChI is InChI=1S/C59H43N3.C2H2/c1-41(60-55(44-21-9-4-10-22-44)36-31-42-17-5-2-6-18-42)45-23-15-25-49(37-45)61-56-29-13-11-27-51(56)53-34-32-47(39-58(53)61)48-33-35-54-52-28-12-14-30-57(52)62(59(54)40-48)50-26-16-24-46(38-50)43-19-7-3-8-20-43;1-2/h2-30,32-40H,31H2,1H3;1-2H/b55-36-,60-41?;. The van der Waals surface area contributed by atoms with Crippen molar-refractivity contribution >= 4 is 55.0 Å². The van der Waals surface area contributed by atoms with E-state index in [1.807, 2.05) is 0 Å². The predicted octanol–water partition coefficient (Wildman–Crippen LogP) is 15.6. The Morgan fingerprint density at radius 1 is 0.406 bits per heavy atom. The minimum absolute atomic E-state index is 0.808. The molecule has 304 valence electrons. The van der Waals surface area contributed by atoms with Crippen molar-refractivity contribution in [3.8, 4) is 46.5 Å². The van der Waals surface area contributed by atoms with E-state index < -0.39 is 0 Å². The van der Waals surface area contributed by atoms with E-state index in [4.69, 9.17) is 4.99 Å². The maximum absolute atomic E-state index is 5.29. The van der Waals surface area contributed by atoms with Gasteiger partial charge in [0, 0.05) is 38.6 Å². The number of aliphatic imine (C=N–C) groups is 1.